The van der Waals surface area contributed by atoms with Gasteiger partial charge in [0.1, 0.15) is 9.84 Å². The van der Waals surface area contributed by atoms with Crippen molar-refractivity contribution in [2.75, 3.05) is 25.1 Å². The second-order valence-corrected chi connectivity index (χ2v) is 9.26. The number of nitrogens with one attached hydrogen (secondary N) is 2. The van der Waals surface area contributed by atoms with Gasteiger partial charge in [0.15, 0.2) is 5.96 Å². The van der Waals surface area contributed by atoms with E-state index in [1.165, 1.54) is 6.26 Å². The van der Waals surface area contributed by atoms with E-state index in [4.69, 9.17) is 11.6 Å². The first kappa shape index (κ1) is 21.3. The van der Waals surface area contributed by atoms with Crippen LogP contribution in [0.1, 0.15) is 25.8 Å². The number of hydrogen-bond donors (Lipinski definition) is 2. The molecule has 0 aliphatic heterocycles. The zero-order chi connectivity index (χ0) is 18.2. The third kappa shape index (κ3) is 8.89. The van der Waals surface area contributed by atoms with Gasteiger partial charge in [-0.1, -0.05) is 27.5 Å². The maximum atomic E-state index is 11.2. The molecule has 1 aromatic carbocycles. The van der Waals surface area contributed by atoms with Crippen molar-refractivity contribution in [3.8, 4) is 0 Å². The predicted octanol–water partition coefficient (Wildman–Crippen LogP) is 3.02. The monoisotopic (exact) mass is 437 g/mol. The minimum Gasteiger partial charge on any atom is -0.357 e. The van der Waals surface area contributed by atoms with Gasteiger partial charge in [0.25, 0.3) is 0 Å². The van der Waals surface area contributed by atoms with Crippen LogP contribution < -0.4 is 10.6 Å². The van der Waals surface area contributed by atoms with Gasteiger partial charge >= 0.3 is 0 Å². The average molecular weight is 439 g/mol. The molecule has 1 aromatic rings. The summed E-state index contributed by atoms with van der Waals surface area (Å²) in [7, 11) is -2.95. The lowest BCUT2D eigenvalue weighted by Crippen LogP contribution is -2.43. The zero-order valence-corrected chi connectivity index (χ0v) is 17.4. The molecule has 0 bridgehead atoms. The Hall–Kier alpha value is -0.790. The van der Waals surface area contributed by atoms with Crippen molar-refractivity contribution >= 4 is 43.3 Å². The standard InChI is InChI=1S/C16H25BrClN3O2S/c1-4-19-16(21-12(2)8-10-24(3,22)23)20-9-7-13-11-14(18)5-6-15(13)17/h5-6,11-12H,4,7-10H2,1-3H3,(H2,19,20,21). The van der Waals surface area contributed by atoms with Gasteiger partial charge in [-0.2, -0.15) is 0 Å². The fraction of sp³-hybridized carbons (Fsp3) is 0.562. The minimum absolute atomic E-state index is 0.0235. The highest BCUT2D eigenvalue weighted by Gasteiger charge is 2.09. The van der Waals surface area contributed by atoms with E-state index in [9.17, 15) is 8.42 Å². The topological polar surface area (TPSA) is 70.6 Å². The van der Waals surface area contributed by atoms with Crippen LogP contribution in [0.5, 0.6) is 0 Å². The van der Waals surface area contributed by atoms with E-state index in [1.807, 2.05) is 32.0 Å². The number of hydrogen-bond acceptors (Lipinski definition) is 3. The molecule has 0 saturated carbocycles. The Morgan fingerprint density at radius 2 is 2.12 bits per heavy atom. The smallest absolute Gasteiger partial charge is 0.191 e. The summed E-state index contributed by atoms with van der Waals surface area (Å²) in [6.45, 7) is 5.29. The summed E-state index contributed by atoms with van der Waals surface area (Å²) in [6, 6.07) is 5.72. The molecule has 0 saturated heterocycles. The van der Waals surface area contributed by atoms with Gasteiger partial charge in [0.2, 0.25) is 0 Å². The highest BCUT2D eigenvalue weighted by Crippen LogP contribution is 2.21. The molecular weight excluding hydrogens is 414 g/mol. The molecule has 0 radical (unpaired) electrons. The molecule has 1 unspecified atom stereocenters. The first-order chi connectivity index (χ1) is 11.2. The van der Waals surface area contributed by atoms with Crippen LogP contribution in [-0.4, -0.2) is 45.5 Å². The van der Waals surface area contributed by atoms with Crippen molar-refractivity contribution in [3.63, 3.8) is 0 Å². The summed E-state index contributed by atoms with van der Waals surface area (Å²) in [5, 5.41) is 7.12. The Morgan fingerprint density at radius 3 is 2.75 bits per heavy atom. The van der Waals surface area contributed by atoms with Crippen LogP contribution in [-0.2, 0) is 16.3 Å². The van der Waals surface area contributed by atoms with Gasteiger partial charge in [0, 0.05) is 34.9 Å². The minimum atomic E-state index is -2.95. The molecule has 8 heteroatoms. The largest absolute Gasteiger partial charge is 0.357 e. The Labute approximate surface area is 158 Å². The van der Waals surface area contributed by atoms with E-state index in [0.717, 1.165) is 23.0 Å². The van der Waals surface area contributed by atoms with Crippen LogP contribution in [0.3, 0.4) is 0 Å². The molecule has 136 valence electrons. The molecule has 0 spiro atoms. The van der Waals surface area contributed by atoms with E-state index in [2.05, 4.69) is 31.6 Å². The van der Waals surface area contributed by atoms with Gasteiger partial charge < -0.3 is 10.6 Å². The Morgan fingerprint density at radius 1 is 1.42 bits per heavy atom. The Balaban J connectivity index is 2.60. The number of sulfone groups is 1. The van der Waals surface area contributed by atoms with E-state index in [0.29, 0.717) is 23.9 Å². The number of halogens is 2. The molecular formula is C16H25BrClN3O2S. The Kier molecular flexibility index (Phi) is 9.08. The fourth-order valence-corrected chi connectivity index (χ4v) is 3.46. The molecule has 2 N–H and O–H groups in total. The normalized spacial score (nSPS) is 13.6. The van der Waals surface area contributed by atoms with Crippen LogP contribution >= 0.6 is 27.5 Å². The number of aliphatic imine (C=N–C) groups is 1. The van der Waals surface area contributed by atoms with Crippen LogP contribution in [0.15, 0.2) is 27.7 Å². The zero-order valence-electron chi connectivity index (χ0n) is 14.3. The van der Waals surface area contributed by atoms with Crippen molar-refractivity contribution in [2.24, 2.45) is 4.99 Å². The summed E-state index contributed by atoms with van der Waals surface area (Å²) < 4.78 is 23.5. The molecule has 0 heterocycles. The van der Waals surface area contributed by atoms with E-state index < -0.39 is 9.84 Å². The van der Waals surface area contributed by atoms with Crippen molar-refractivity contribution in [2.45, 2.75) is 32.7 Å². The van der Waals surface area contributed by atoms with Gasteiger partial charge in [-0.15, -0.1) is 0 Å². The number of rotatable bonds is 8. The van der Waals surface area contributed by atoms with Gasteiger partial charge in [-0.3, -0.25) is 4.99 Å². The summed E-state index contributed by atoms with van der Waals surface area (Å²) in [5.41, 5.74) is 1.10. The van der Waals surface area contributed by atoms with Crippen molar-refractivity contribution < 1.29 is 8.42 Å². The third-order valence-corrected chi connectivity index (χ3v) is 5.29. The first-order valence-electron chi connectivity index (χ1n) is 7.87. The van der Waals surface area contributed by atoms with Crippen molar-refractivity contribution in [1.82, 2.24) is 10.6 Å². The van der Waals surface area contributed by atoms with Crippen LogP contribution in [0.25, 0.3) is 0 Å². The van der Waals surface area contributed by atoms with Crippen molar-refractivity contribution in [1.29, 1.82) is 0 Å². The van der Waals surface area contributed by atoms with Crippen LogP contribution in [0, 0.1) is 0 Å². The summed E-state index contributed by atoms with van der Waals surface area (Å²) >= 11 is 9.53. The second kappa shape index (κ2) is 10.3. The lowest BCUT2D eigenvalue weighted by Gasteiger charge is -2.17. The van der Waals surface area contributed by atoms with Gasteiger partial charge in [-0.05, 0) is 50.5 Å². The van der Waals surface area contributed by atoms with E-state index >= 15 is 0 Å². The highest BCUT2D eigenvalue weighted by molar-refractivity contribution is 9.10. The van der Waals surface area contributed by atoms with Crippen LogP contribution in [0.4, 0.5) is 0 Å². The maximum absolute atomic E-state index is 11.2. The molecule has 1 atom stereocenters. The average Bonchev–Trinajstić information content (AvgIpc) is 2.48. The molecule has 0 fully saturated rings. The lowest BCUT2D eigenvalue weighted by molar-refractivity contribution is 0.581. The van der Waals surface area contributed by atoms with E-state index in [1.54, 1.807) is 0 Å². The highest BCUT2D eigenvalue weighted by atomic mass is 79.9. The quantitative estimate of drug-likeness (QED) is 0.483. The molecule has 24 heavy (non-hydrogen) atoms. The van der Waals surface area contributed by atoms with Gasteiger partial charge in [0.05, 0.1) is 5.75 Å². The third-order valence-electron chi connectivity index (χ3n) is 3.31. The summed E-state index contributed by atoms with van der Waals surface area (Å²) in [6.07, 6.45) is 2.56. The number of benzene rings is 1. The summed E-state index contributed by atoms with van der Waals surface area (Å²) in [5.74, 6) is 0.854. The first-order valence-corrected chi connectivity index (χ1v) is 11.1. The molecule has 0 amide bonds. The maximum Gasteiger partial charge on any atom is 0.191 e. The molecule has 0 aliphatic rings. The van der Waals surface area contributed by atoms with Crippen molar-refractivity contribution in [3.05, 3.63) is 33.3 Å². The second-order valence-electron chi connectivity index (χ2n) is 5.71. The molecule has 1 rings (SSSR count). The van der Waals surface area contributed by atoms with E-state index in [-0.39, 0.29) is 11.8 Å². The number of guanidine groups is 1. The SMILES string of the molecule is CCNC(=NCCc1cc(Cl)ccc1Br)NC(C)CCS(C)(=O)=O. The molecule has 0 aromatic heterocycles. The van der Waals surface area contributed by atoms with Gasteiger partial charge in [-0.25, -0.2) is 8.42 Å². The Bertz CT molecular complexity index is 665. The lowest BCUT2D eigenvalue weighted by atomic mass is 10.1. The molecule has 5 nitrogen and oxygen atoms in total. The predicted molar refractivity (Wildman–Crippen MR) is 106 cm³/mol. The summed E-state index contributed by atoms with van der Waals surface area (Å²) in [4.78, 5) is 4.54. The van der Waals surface area contributed by atoms with Crippen LogP contribution in [0.2, 0.25) is 5.02 Å². The molecule has 0 aliphatic carbocycles. The fourth-order valence-electron chi connectivity index (χ4n) is 2.04. The number of nitrogens with zero attached hydrogens (tertiary/aromatic N) is 1.